The number of nitrogens with one attached hydrogen (secondary N) is 1. The van der Waals surface area contributed by atoms with Crippen molar-refractivity contribution in [3.63, 3.8) is 0 Å². The number of benzene rings is 2. The minimum atomic E-state index is -0.334. The van der Waals surface area contributed by atoms with Crippen molar-refractivity contribution in [1.82, 2.24) is 35.1 Å². The molecule has 10 nitrogen and oxygen atoms in total. The second kappa shape index (κ2) is 14.9. The zero-order chi connectivity index (χ0) is 29.2. The molecule has 4 aromatic rings. The zero-order valence-corrected chi connectivity index (χ0v) is 24.8. The van der Waals surface area contributed by atoms with Crippen molar-refractivity contribution in [2.45, 2.75) is 64.6 Å². The maximum atomic E-state index is 13.0. The van der Waals surface area contributed by atoms with Crippen molar-refractivity contribution in [2.75, 3.05) is 20.6 Å². The molecule has 2 heterocycles. The van der Waals surface area contributed by atoms with E-state index in [-0.39, 0.29) is 18.6 Å². The number of H-pyrrole nitrogens is 1. The van der Waals surface area contributed by atoms with E-state index in [9.17, 15) is 4.79 Å². The molecule has 0 fully saturated rings. The normalized spacial score (nSPS) is 12.1. The van der Waals surface area contributed by atoms with Crippen molar-refractivity contribution in [2.24, 2.45) is 5.73 Å². The summed E-state index contributed by atoms with van der Waals surface area (Å²) in [5.74, 6) is 1.17. The number of rotatable bonds is 15. The number of nitrogens with two attached hydrogens (primary N) is 1. The Morgan fingerprint density at radius 1 is 1.10 bits per heavy atom. The Labute approximate surface area is 246 Å². The maximum absolute atomic E-state index is 13.0. The molecule has 218 valence electrons. The molecule has 0 bridgehead atoms. The van der Waals surface area contributed by atoms with E-state index in [2.05, 4.69) is 61.4 Å². The summed E-state index contributed by atoms with van der Waals surface area (Å²) < 4.78 is 7.90. The lowest BCUT2D eigenvalue weighted by Gasteiger charge is -2.22. The summed E-state index contributed by atoms with van der Waals surface area (Å²) in [5, 5.41) is 14.9. The lowest BCUT2D eigenvalue weighted by atomic mass is 9.98. The van der Waals surface area contributed by atoms with Crippen LogP contribution in [0.3, 0.4) is 0 Å². The smallest absolute Gasteiger partial charge is 0.323 e. The topological polar surface area (TPSA) is 128 Å². The molecule has 11 heteroatoms. The number of aryl methyl sites for hydroxylation is 1. The first-order chi connectivity index (χ1) is 19.9. The number of carbonyl (C=O) groups is 1. The number of likely N-dealkylation sites (N-methyl/N-ethyl adjacent to an activating group) is 1. The summed E-state index contributed by atoms with van der Waals surface area (Å²) in [7, 11) is 3.78. The number of tetrazole rings is 1. The number of hydrogen-bond acceptors (Lipinski definition) is 8. The molecule has 3 N–H and O–H groups in total. The van der Waals surface area contributed by atoms with Gasteiger partial charge in [0.2, 0.25) is 5.82 Å². The Bertz CT molecular complexity index is 1390. The summed E-state index contributed by atoms with van der Waals surface area (Å²) in [6.07, 6.45) is 5.25. The SMILES string of the molecule is CCCCc1nc(Cl)c(COC(=O)[C@@H](CCCCN)N(C)C)n1Cc1ccc(-c2ccccc2-c2nn[nH]n2)cc1. The highest BCUT2D eigenvalue weighted by Gasteiger charge is 2.24. The molecular formula is C30H39ClN8O2. The molecular weight excluding hydrogens is 540 g/mol. The monoisotopic (exact) mass is 578 g/mol. The lowest BCUT2D eigenvalue weighted by Crippen LogP contribution is -2.37. The van der Waals surface area contributed by atoms with Crippen LogP contribution in [0.2, 0.25) is 5.15 Å². The molecule has 2 aromatic carbocycles. The second-order valence-corrected chi connectivity index (χ2v) is 10.7. The Morgan fingerprint density at radius 2 is 1.85 bits per heavy atom. The van der Waals surface area contributed by atoms with E-state index in [1.165, 1.54) is 0 Å². The van der Waals surface area contributed by atoms with E-state index in [1.54, 1.807) is 0 Å². The maximum Gasteiger partial charge on any atom is 0.323 e. The predicted molar refractivity (Wildman–Crippen MR) is 160 cm³/mol. The molecule has 0 spiro atoms. The predicted octanol–water partition coefficient (Wildman–Crippen LogP) is 4.88. The van der Waals surface area contributed by atoms with Gasteiger partial charge in [0.25, 0.3) is 0 Å². The molecule has 0 aliphatic carbocycles. The third-order valence-electron chi connectivity index (χ3n) is 7.15. The zero-order valence-electron chi connectivity index (χ0n) is 24.0. The number of aromatic amines is 1. The van der Waals surface area contributed by atoms with Crippen molar-refractivity contribution in [1.29, 1.82) is 0 Å². The molecule has 2 aromatic heterocycles. The molecule has 1 atom stereocenters. The Morgan fingerprint density at radius 3 is 2.51 bits per heavy atom. The van der Waals surface area contributed by atoms with Crippen LogP contribution < -0.4 is 5.73 Å². The lowest BCUT2D eigenvalue weighted by molar-refractivity contribution is -0.150. The molecule has 41 heavy (non-hydrogen) atoms. The van der Waals surface area contributed by atoms with E-state index in [0.717, 1.165) is 60.2 Å². The molecule has 0 amide bonds. The average Bonchev–Trinajstić information content (AvgIpc) is 3.61. The van der Waals surface area contributed by atoms with Crippen LogP contribution in [0, 0.1) is 0 Å². The summed E-state index contributed by atoms with van der Waals surface area (Å²) in [6, 6.07) is 16.0. The fourth-order valence-corrected chi connectivity index (χ4v) is 5.09. The molecule has 0 saturated carbocycles. The van der Waals surface area contributed by atoms with Gasteiger partial charge in [-0.05, 0) is 61.8 Å². The number of esters is 1. The third kappa shape index (κ3) is 7.78. The van der Waals surface area contributed by atoms with Crippen LogP contribution >= 0.6 is 11.6 Å². The standard InChI is InChI=1S/C30H39ClN8O2/c1-4-5-13-27-33-28(31)26(20-41-30(40)25(38(2)3)12-8-9-18-32)39(27)19-21-14-16-22(17-15-21)23-10-6-7-11-24(23)29-34-36-37-35-29/h6-7,10-11,14-17,25H,4-5,8-9,12-13,18-20,32H2,1-3H3,(H,34,35,36,37)/t25-/m1/s1. The van der Waals surface area contributed by atoms with Crippen molar-refractivity contribution in [3.8, 4) is 22.5 Å². The molecule has 4 rings (SSSR count). The molecule has 0 radical (unpaired) electrons. The highest BCUT2D eigenvalue weighted by molar-refractivity contribution is 6.30. The van der Waals surface area contributed by atoms with Crippen molar-refractivity contribution >= 4 is 17.6 Å². The number of unbranched alkanes of at least 4 members (excludes halogenated alkanes) is 2. The van der Waals surface area contributed by atoms with Gasteiger partial charge in [0.15, 0.2) is 5.15 Å². The van der Waals surface area contributed by atoms with Gasteiger partial charge in [0.1, 0.15) is 18.5 Å². The van der Waals surface area contributed by atoms with Crippen LogP contribution in [-0.2, 0) is 29.1 Å². The van der Waals surface area contributed by atoms with Gasteiger partial charge in [-0.1, -0.05) is 79.9 Å². The van der Waals surface area contributed by atoms with Crippen LogP contribution in [0.1, 0.15) is 56.1 Å². The highest BCUT2D eigenvalue weighted by Crippen LogP contribution is 2.30. The van der Waals surface area contributed by atoms with E-state index in [0.29, 0.717) is 36.2 Å². The fourth-order valence-electron chi connectivity index (χ4n) is 4.84. The van der Waals surface area contributed by atoms with Gasteiger partial charge in [0, 0.05) is 18.5 Å². The number of nitrogens with zero attached hydrogens (tertiary/aromatic N) is 6. The molecule has 0 aliphatic heterocycles. The average molecular weight is 579 g/mol. The Balaban J connectivity index is 1.54. The van der Waals surface area contributed by atoms with Crippen LogP contribution in [-0.4, -0.2) is 67.7 Å². The van der Waals surface area contributed by atoms with Crippen molar-refractivity contribution in [3.05, 3.63) is 70.8 Å². The first-order valence-corrected chi connectivity index (χ1v) is 14.5. The van der Waals surface area contributed by atoms with Gasteiger partial charge in [0.05, 0.1) is 5.69 Å². The highest BCUT2D eigenvalue weighted by atomic mass is 35.5. The van der Waals surface area contributed by atoms with Gasteiger partial charge in [-0.3, -0.25) is 9.69 Å². The van der Waals surface area contributed by atoms with E-state index in [1.807, 2.05) is 43.3 Å². The number of halogens is 1. The minimum Gasteiger partial charge on any atom is -0.458 e. The third-order valence-corrected chi connectivity index (χ3v) is 7.46. The number of imidazole rings is 1. The van der Waals surface area contributed by atoms with E-state index < -0.39 is 0 Å². The van der Waals surface area contributed by atoms with Crippen molar-refractivity contribution < 1.29 is 9.53 Å². The van der Waals surface area contributed by atoms with Gasteiger partial charge < -0.3 is 15.0 Å². The van der Waals surface area contributed by atoms with Gasteiger partial charge in [-0.15, -0.1) is 10.2 Å². The summed E-state index contributed by atoms with van der Waals surface area (Å²) in [4.78, 5) is 19.6. The van der Waals surface area contributed by atoms with Crippen LogP contribution in [0.15, 0.2) is 48.5 Å². The molecule has 0 unspecified atom stereocenters. The first-order valence-electron chi connectivity index (χ1n) is 14.1. The number of hydrogen-bond donors (Lipinski definition) is 2. The minimum absolute atomic E-state index is 0.0637. The Hall–Kier alpha value is -3.60. The summed E-state index contributed by atoms with van der Waals surface area (Å²) >= 11 is 6.63. The van der Waals surface area contributed by atoms with Gasteiger partial charge >= 0.3 is 5.97 Å². The van der Waals surface area contributed by atoms with Gasteiger partial charge in [-0.2, -0.15) is 5.21 Å². The first kappa shape index (κ1) is 30.4. The van der Waals surface area contributed by atoms with Crippen LogP contribution in [0.25, 0.3) is 22.5 Å². The molecule has 0 saturated heterocycles. The molecule has 0 aliphatic rings. The van der Waals surface area contributed by atoms with Gasteiger partial charge in [-0.25, -0.2) is 4.98 Å². The summed E-state index contributed by atoms with van der Waals surface area (Å²) in [6.45, 7) is 3.38. The fraction of sp³-hybridized carbons (Fsp3) is 0.433. The van der Waals surface area contributed by atoms with E-state index in [4.69, 9.17) is 22.1 Å². The quantitative estimate of drug-likeness (QED) is 0.151. The van der Waals surface area contributed by atoms with Crippen LogP contribution in [0.5, 0.6) is 0 Å². The van der Waals surface area contributed by atoms with E-state index >= 15 is 0 Å². The number of ether oxygens (including phenoxy) is 1. The number of aromatic nitrogens is 6. The largest absolute Gasteiger partial charge is 0.458 e. The second-order valence-electron chi connectivity index (χ2n) is 10.3. The number of carbonyl (C=O) groups excluding carboxylic acids is 1. The summed E-state index contributed by atoms with van der Waals surface area (Å²) in [5.41, 5.74) is 10.4. The Kier molecular flexibility index (Phi) is 11.0. The van der Waals surface area contributed by atoms with Crippen LogP contribution in [0.4, 0.5) is 0 Å².